The predicted octanol–water partition coefficient (Wildman–Crippen LogP) is 5.63. The first-order chi connectivity index (χ1) is 19.4. The van der Waals surface area contributed by atoms with Crippen LogP contribution in [0.3, 0.4) is 0 Å². The van der Waals surface area contributed by atoms with Crippen LogP contribution in [-0.2, 0) is 50.6 Å². The van der Waals surface area contributed by atoms with Crippen molar-refractivity contribution >= 4 is 12.3 Å². The maximum Gasteiger partial charge on any atom is 0.254 e. The minimum Gasteiger partial charge on any atom is -0.372 e. The highest BCUT2D eigenvalue weighted by molar-refractivity contribution is 6.01. The Morgan fingerprint density at radius 2 is 1.65 bits per heavy atom. The van der Waals surface area contributed by atoms with Gasteiger partial charge in [0, 0.05) is 43.5 Å². The lowest BCUT2D eigenvalue weighted by atomic mass is 9.89. The van der Waals surface area contributed by atoms with Gasteiger partial charge in [-0.05, 0) is 97.5 Å². The smallest absolute Gasteiger partial charge is 0.254 e. The Balaban J connectivity index is 0.00000118. The van der Waals surface area contributed by atoms with Gasteiger partial charge in [0.2, 0.25) is 6.41 Å². The highest BCUT2D eigenvalue weighted by Gasteiger charge is 2.29. The van der Waals surface area contributed by atoms with Crippen molar-refractivity contribution in [3.63, 3.8) is 0 Å². The Morgan fingerprint density at radius 1 is 0.975 bits per heavy atom. The van der Waals surface area contributed by atoms with E-state index in [0.29, 0.717) is 6.54 Å². The molecule has 2 aliphatic heterocycles. The first kappa shape index (κ1) is 29.6. The maximum atomic E-state index is 14.3. The first-order valence-corrected chi connectivity index (χ1v) is 15.0. The van der Waals surface area contributed by atoms with Gasteiger partial charge in [0.25, 0.3) is 5.91 Å². The van der Waals surface area contributed by atoms with E-state index < -0.39 is 0 Å². The largest absolute Gasteiger partial charge is 0.372 e. The molecule has 6 heteroatoms. The monoisotopic (exact) mass is 542 g/mol. The van der Waals surface area contributed by atoms with Crippen LogP contribution in [0.1, 0.15) is 89.0 Å². The number of nitrogens with zero attached hydrogens (tertiary/aromatic N) is 2. The molecule has 0 saturated heterocycles. The molecular formula is C34H46N4O2. The number of carbonyl (C=O) groups excluding carboxylic acids is 2. The van der Waals surface area contributed by atoms with Gasteiger partial charge in [-0.25, -0.2) is 0 Å². The normalized spacial score (nSPS) is 14.2. The molecule has 0 fully saturated rings. The lowest BCUT2D eigenvalue weighted by Gasteiger charge is -2.30. The molecule has 1 aromatic heterocycles. The minimum absolute atomic E-state index is 0.174. The summed E-state index contributed by atoms with van der Waals surface area (Å²) in [5.74, 6) is 0.174. The molecule has 0 radical (unpaired) electrons. The van der Waals surface area contributed by atoms with Gasteiger partial charge in [-0.2, -0.15) is 0 Å². The molecular weight excluding hydrogens is 496 g/mol. The number of fused-ring (bicyclic) bond motifs is 2. The Morgan fingerprint density at radius 3 is 2.35 bits per heavy atom. The lowest BCUT2D eigenvalue weighted by molar-refractivity contribution is -0.106. The molecule has 0 bridgehead atoms. The van der Waals surface area contributed by atoms with E-state index in [1.807, 2.05) is 0 Å². The molecule has 2 amide bonds. The van der Waals surface area contributed by atoms with Crippen molar-refractivity contribution in [2.75, 3.05) is 13.1 Å². The van der Waals surface area contributed by atoms with Crippen molar-refractivity contribution in [1.29, 1.82) is 0 Å². The quantitative estimate of drug-likeness (QED) is 0.362. The standard InChI is InChI=1S/C33H43N3O.CH3NO/c1-5-7-13-28-23(3)35(4)32(29(28)14-8-6-2)30-19-25-15-17-34-21-27(25)20-31(30)33(37)36-18-16-24-11-9-10-12-26(24)22-36;2-1-3/h9-12,19-20,34H,5-8,13-18,21-22H2,1-4H3;1H,(H2,2,3). The fourth-order valence-corrected chi connectivity index (χ4v) is 6.33. The summed E-state index contributed by atoms with van der Waals surface area (Å²) in [5, 5.41) is 3.52. The molecule has 0 saturated carbocycles. The van der Waals surface area contributed by atoms with E-state index in [1.54, 1.807) is 0 Å². The summed E-state index contributed by atoms with van der Waals surface area (Å²) in [5.41, 5.74) is 17.1. The molecule has 40 heavy (non-hydrogen) atoms. The third kappa shape index (κ3) is 6.17. The van der Waals surface area contributed by atoms with E-state index in [-0.39, 0.29) is 12.3 Å². The van der Waals surface area contributed by atoms with Crippen molar-refractivity contribution in [2.24, 2.45) is 12.8 Å². The van der Waals surface area contributed by atoms with E-state index in [1.165, 1.54) is 70.5 Å². The predicted molar refractivity (Wildman–Crippen MR) is 163 cm³/mol. The molecule has 6 nitrogen and oxygen atoms in total. The second kappa shape index (κ2) is 13.8. The Kier molecular flexibility index (Phi) is 10.2. The lowest BCUT2D eigenvalue weighted by Crippen LogP contribution is -2.36. The average molecular weight is 543 g/mol. The van der Waals surface area contributed by atoms with Crippen LogP contribution in [-0.4, -0.2) is 34.9 Å². The van der Waals surface area contributed by atoms with Crippen molar-refractivity contribution < 1.29 is 9.59 Å². The summed E-state index contributed by atoms with van der Waals surface area (Å²) < 4.78 is 2.39. The molecule has 0 spiro atoms. The van der Waals surface area contributed by atoms with Crippen LogP contribution in [0.5, 0.6) is 0 Å². The number of amides is 2. The number of aromatic nitrogens is 1. The summed E-state index contributed by atoms with van der Waals surface area (Å²) in [4.78, 5) is 24.9. The summed E-state index contributed by atoms with van der Waals surface area (Å²) in [6.45, 7) is 10.1. The molecule has 3 N–H and O–H groups in total. The second-order valence-corrected chi connectivity index (χ2v) is 11.1. The van der Waals surface area contributed by atoms with Crippen molar-refractivity contribution in [3.8, 4) is 11.3 Å². The topological polar surface area (TPSA) is 80.4 Å². The zero-order chi connectivity index (χ0) is 28.6. The minimum atomic E-state index is 0.174. The van der Waals surface area contributed by atoms with Gasteiger partial charge in [-0.15, -0.1) is 0 Å². The number of hydrogen-bond donors (Lipinski definition) is 2. The molecule has 214 valence electrons. The van der Waals surface area contributed by atoms with Crippen LogP contribution in [0.15, 0.2) is 36.4 Å². The summed E-state index contributed by atoms with van der Waals surface area (Å²) in [6.07, 6.45) is 9.15. The van der Waals surface area contributed by atoms with Gasteiger partial charge in [0.05, 0.1) is 5.69 Å². The Hall–Kier alpha value is -3.38. The van der Waals surface area contributed by atoms with Crippen LogP contribution in [0.4, 0.5) is 0 Å². The summed E-state index contributed by atoms with van der Waals surface area (Å²) >= 11 is 0. The number of nitrogens with two attached hydrogens (primary N) is 1. The average Bonchev–Trinajstić information content (AvgIpc) is 3.22. The van der Waals surface area contributed by atoms with Gasteiger partial charge in [0.1, 0.15) is 0 Å². The maximum absolute atomic E-state index is 14.3. The van der Waals surface area contributed by atoms with E-state index in [4.69, 9.17) is 4.79 Å². The second-order valence-electron chi connectivity index (χ2n) is 11.1. The van der Waals surface area contributed by atoms with Crippen LogP contribution in [0.2, 0.25) is 0 Å². The fraction of sp³-hybridized carbons (Fsp3) is 0.471. The SMILES string of the molecule is CCCCc1c(CCCC)c(-c2cc3c(cc2C(=O)N2CCc4ccccc4C2)CNCC3)n(C)c1C.NC=O. The molecule has 3 heterocycles. The van der Waals surface area contributed by atoms with Gasteiger partial charge < -0.3 is 20.5 Å². The zero-order valence-electron chi connectivity index (χ0n) is 24.8. The number of unbranched alkanes of at least 4 members (excludes halogenated alkanes) is 2. The highest BCUT2D eigenvalue weighted by atomic mass is 16.2. The highest BCUT2D eigenvalue weighted by Crippen LogP contribution is 2.38. The zero-order valence-corrected chi connectivity index (χ0v) is 24.8. The van der Waals surface area contributed by atoms with Crippen LogP contribution >= 0.6 is 0 Å². The fourth-order valence-electron chi connectivity index (χ4n) is 6.33. The van der Waals surface area contributed by atoms with Gasteiger partial charge in [-0.1, -0.05) is 51.0 Å². The molecule has 2 aliphatic rings. The molecule has 0 atom stereocenters. The first-order valence-electron chi connectivity index (χ1n) is 15.0. The summed E-state index contributed by atoms with van der Waals surface area (Å²) in [6, 6.07) is 13.2. The molecule has 2 aromatic carbocycles. The van der Waals surface area contributed by atoms with Crippen molar-refractivity contribution in [1.82, 2.24) is 14.8 Å². The number of benzene rings is 2. The van der Waals surface area contributed by atoms with Crippen molar-refractivity contribution in [2.45, 2.75) is 85.2 Å². The number of nitrogens with one attached hydrogen (secondary N) is 1. The third-order valence-electron chi connectivity index (χ3n) is 8.62. The van der Waals surface area contributed by atoms with Crippen LogP contribution in [0, 0.1) is 6.92 Å². The molecule has 0 unspecified atom stereocenters. The molecule has 5 rings (SSSR count). The van der Waals surface area contributed by atoms with Crippen LogP contribution in [0.25, 0.3) is 11.3 Å². The van der Waals surface area contributed by atoms with E-state index >= 15 is 0 Å². The van der Waals surface area contributed by atoms with E-state index in [0.717, 1.165) is 56.4 Å². The molecule has 0 aliphatic carbocycles. The number of rotatable bonds is 8. The van der Waals surface area contributed by atoms with Gasteiger partial charge in [-0.3, -0.25) is 9.59 Å². The Bertz CT molecular complexity index is 1340. The van der Waals surface area contributed by atoms with E-state index in [9.17, 15) is 4.79 Å². The summed E-state index contributed by atoms with van der Waals surface area (Å²) in [7, 11) is 2.21. The Labute approximate surface area is 240 Å². The number of hydrogen-bond acceptors (Lipinski definition) is 3. The van der Waals surface area contributed by atoms with Gasteiger partial charge >= 0.3 is 0 Å². The van der Waals surface area contributed by atoms with E-state index in [2.05, 4.69) is 84.7 Å². The van der Waals surface area contributed by atoms with Gasteiger partial charge in [0.15, 0.2) is 0 Å². The number of primary amides is 1. The molecule has 3 aromatic rings. The van der Waals surface area contributed by atoms with Crippen LogP contribution < -0.4 is 11.1 Å². The number of carbonyl (C=O) groups is 2. The third-order valence-corrected chi connectivity index (χ3v) is 8.62. The van der Waals surface area contributed by atoms with Crippen molar-refractivity contribution in [3.05, 3.63) is 81.0 Å².